The van der Waals surface area contributed by atoms with E-state index >= 15 is 0 Å². The SMILES string of the molecule is CCN(C(=O)C[C@@H]1COc2ccc(C(=O)NCCOC)cc2N1C)C1CC1. The summed E-state index contributed by atoms with van der Waals surface area (Å²) in [4.78, 5) is 29.0. The normalized spacial score (nSPS) is 18.5. The highest BCUT2D eigenvalue weighted by Gasteiger charge is 2.34. The maximum absolute atomic E-state index is 12.7. The zero-order chi connectivity index (χ0) is 19.4. The van der Waals surface area contributed by atoms with Gasteiger partial charge in [-0.2, -0.15) is 0 Å². The minimum atomic E-state index is -0.146. The number of hydrogen-bond acceptors (Lipinski definition) is 5. The lowest BCUT2D eigenvalue weighted by atomic mass is 10.1. The van der Waals surface area contributed by atoms with E-state index in [-0.39, 0.29) is 17.9 Å². The molecular weight excluding hydrogens is 346 g/mol. The number of methoxy groups -OCH3 is 1. The molecule has 1 aliphatic heterocycles. The van der Waals surface area contributed by atoms with Crippen molar-refractivity contribution in [2.24, 2.45) is 0 Å². The number of fused-ring (bicyclic) bond motifs is 1. The van der Waals surface area contributed by atoms with E-state index in [1.165, 1.54) is 0 Å². The van der Waals surface area contributed by atoms with Crippen molar-refractivity contribution in [3.63, 3.8) is 0 Å². The third-order valence-corrected chi connectivity index (χ3v) is 5.23. The molecule has 7 nitrogen and oxygen atoms in total. The number of amides is 2. The number of likely N-dealkylation sites (N-methyl/N-ethyl adjacent to an activating group) is 1. The molecule has 7 heteroatoms. The molecule has 0 unspecified atom stereocenters. The van der Waals surface area contributed by atoms with Crippen LogP contribution in [0.5, 0.6) is 5.75 Å². The Hall–Kier alpha value is -2.28. The topological polar surface area (TPSA) is 71.1 Å². The Bertz CT molecular complexity index is 690. The number of anilines is 1. The summed E-state index contributed by atoms with van der Waals surface area (Å²) in [6.45, 7) is 4.18. The zero-order valence-corrected chi connectivity index (χ0v) is 16.4. The molecule has 0 spiro atoms. The van der Waals surface area contributed by atoms with Crippen LogP contribution in [-0.4, -0.2) is 69.3 Å². The third-order valence-electron chi connectivity index (χ3n) is 5.23. The van der Waals surface area contributed by atoms with E-state index in [2.05, 4.69) is 10.2 Å². The minimum Gasteiger partial charge on any atom is -0.489 e. The van der Waals surface area contributed by atoms with E-state index < -0.39 is 0 Å². The van der Waals surface area contributed by atoms with Crippen molar-refractivity contribution in [2.75, 3.05) is 45.4 Å². The van der Waals surface area contributed by atoms with E-state index in [1.807, 2.05) is 31.0 Å². The summed E-state index contributed by atoms with van der Waals surface area (Å²) in [6.07, 6.45) is 2.65. The Kier molecular flexibility index (Phi) is 6.21. The number of nitrogens with zero attached hydrogens (tertiary/aromatic N) is 2. The summed E-state index contributed by atoms with van der Waals surface area (Å²) < 4.78 is 10.8. The van der Waals surface area contributed by atoms with Crippen LogP contribution in [0, 0.1) is 0 Å². The van der Waals surface area contributed by atoms with Gasteiger partial charge in [-0.05, 0) is 38.0 Å². The van der Waals surface area contributed by atoms with Crippen molar-refractivity contribution in [1.29, 1.82) is 0 Å². The number of rotatable bonds is 8. The highest BCUT2D eigenvalue weighted by molar-refractivity contribution is 5.95. The Morgan fingerprint density at radius 2 is 2.15 bits per heavy atom. The molecule has 0 radical (unpaired) electrons. The number of hydrogen-bond donors (Lipinski definition) is 1. The summed E-state index contributed by atoms with van der Waals surface area (Å²) in [5.41, 5.74) is 1.41. The van der Waals surface area contributed by atoms with E-state index in [9.17, 15) is 9.59 Å². The van der Waals surface area contributed by atoms with Gasteiger partial charge in [0.05, 0.1) is 24.8 Å². The third kappa shape index (κ3) is 4.53. The van der Waals surface area contributed by atoms with Gasteiger partial charge in [0, 0.05) is 38.9 Å². The van der Waals surface area contributed by atoms with Crippen LogP contribution < -0.4 is 15.0 Å². The van der Waals surface area contributed by atoms with Crippen molar-refractivity contribution in [1.82, 2.24) is 10.2 Å². The van der Waals surface area contributed by atoms with Crippen LogP contribution in [0.2, 0.25) is 0 Å². The Morgan fingerprint density at radius 1 is 1.37 bits per heavy atom. The van der Waals surface area contributed by atoms with Crippen LogP contribution in [0.3, 0.4) is 0 Å². The Labute approximate surface area is 160 Å². The Balaban J connectivity index is 1.67. The quantitative estimate of drug-likeness (QED) is 0.700. The van der Waals surface area contributed by atoms with Gasteiger partial charge in [-0.15, -0.1) is 0 Å². The fourth-order valence-electron chi connectivity index (χ4n) is 3.46. The average molecular weight is 375 g/mol. The van der Waals surface area contributed by atoms with Gasteiger partial charge in [-0.3, -0.25) is 9.59 Å². The molecule has 1 heterocycles. The molecule has 0 bridgehead atoms. The van der Waals surface area contributed by atoms with Gasteiger partial charge in [-0.25, -0.2) is 0 Å². The largest absolute Gasteiger partial charge is 0.489 e. The number of carbonyl (C=O) groups is 2. The summed E-state index contributed by atoms with van der Waals surface area (Å²) in [6, 6.07) is 5.78. The highest BCUT2D eigenvalue weighted by Crippen LogP contribution is 2.35. The zero-order valence-electron chi connectivity index (χ0n) is 16.4. The van der Waals surface area contributed by atoms with E-state index in [4.69, 9.17) is 9.47 Å². The summed E-state index contributed by atoms with van der Waals surface area (Å²) in [5.74, 6) is 0.772. The lowest BCUT2D eigenvalue weighted by molar-refractivity contribution is -0.132. The van der Waals surface area contributed by atoms with Gasteiger partial charge in [0.15, 0.2) is 0 Å². The lowest BCUT2D eigenvalue weighted by Crippen LogP contribution is -2.45. The number of ether oxygens (including phenoxy) is 2. The molecular formula is C20H29N3O4. The second-order valence-electron chi connectivity index (χ2n) is 7.12. The van der Waals surface area contributed by atoms with E-state index in [0.29, 0.717) is 37.8 Å². The summed E-state index contributed by atoms with van der Waals surface area (Å²) in [7, 11) is 3.56. The first kappa shape index (κ1) is 19.5. The van der Waals surface area contributed by atoms with Crippen LogP contribution in [0.25, 0.3) is 0 Å². The second kappa shape index (κ2) is 8.61. The summed E-state index contributed by atoms with van der Waals surface area (Å²) >= 11 is 0. The molecule has 1 aromatic carbocycles. The molecule has 2 amide bonds. The van der Waals surface area contributed by atoms with Crippen LogP contribution in [-0.2, 0) is 9.53 Å². The van der Waals surface area contributed by atoms with Gasteiger partial charge in [0.1, 0.15) is 12.4 Å². The highest BCUT2D eigenvalue weighted by atomic mass is 16.5. The van der Waals surface area contributed by atoms with E-state index in [1.54, 1.807) is 13.2 Å². The minimum absolute atomic E-state index is 0.0374. The lowest BCUT2D eigenvalue weighted by Gasteiger charge is -2.36. The molecule has 0 saturated heterocycles. The number of benzene rings is 1. The van der Waals surface area contributed by atoms with Crippen molar-refractivity contribution in [3.05, 3.63) is 23.8 Å². The summed E-state index contributed by atoms with van der Waals surface area (Å²) in [5, 5.41) is 2.82. The molecule has 1 atom stereocenters. The molecule has 1 aromatic rings. The maximum atomic E-state index is 12.7. The molecule has 3 rings (SSSR count). The van der Waals surface area contributed by atoms with Crippen molar-refractivity contribution in [2.45, 2.75) is 38.3 Å². The first-order valence-electron chi connectivity index (χ1n) is 9.61. The predicted octanol–water partition coefficient (Wildman–Crippen LogP) is 1.66. The van der Waals surface area contributed by atoms with Gasteiger partial charge < -0.3 is 24.6 Å². The van der Waals surface area contributed by atoms with Gasteiger partial charge >= 0.3 is 0 Å². The average Bonchev–Trinajstić information content (AvgIpc) is 3.49. The predicted molar refractivity (Wildman–Crippen MR) is 103 cm³/mol. The molecule has 1 N–H and O–H groups in total. The van der Waals surface area contributed by atoms with Gasteiger partial charge in [-0.1, -0.05) is 0 Å². The first-order chi connectivity index (χ1) is 13.0. The molecule has 148 valence electrons. The number of nitrogens with one attached hydrogen (secondary N) is 1. The Morgan fingerprint density at radius 3 is 2.81 bits per heavy atom. The molecule has 0 aromatic heterocycles. The number of carbonyl (C=O) groups excluding carboxylic acids is 2. The second-order valence-corrected chi connectivity index (χ2v) is 7.12. The first-order valence-corrected chi connectivity index (χ1v) is 9.61. The monoisotopic (exact) mass is 375 g/mol. The van der Waals surface area contributed by atoms with Crippen LogP contribution >= 0.6 is 0 Å². The van der Waals surface area contributed by atoms with Crippen LogP contribution in [0.15, 0.2) is 18.2 Å². The fourth-order valence-corrected chi connectivity index (χ4v) is 3.46. The van der Waals surface area contributed by atoms with Crippen LogP contribution in [0.4, 0.5) is 5.69 Å². The molecule has 1 saturated carbocycles. The van der Waals surface area contributed by atoms with Crippen molar-refractivity contribution >= 4 is 17.5 Å². The van der Waals surface area contributed by atoms with Gasteiger partial charge in [0.25, 0.3) is 5.91 Å². The molecule has 1 aliphatic carbocycles. The smallest absolute Gasteiger partial charge is 0.251 e. The fraction of sp³-hybridized carbons (Fsp3) is 0.600. The standard InChI is InChI=1S/C20H29N3O4/c1-4-23(15-6-7-15)19(24)12-16-13-27-18-8-5-14(11-17(18)22(16)2)20(25)21-9-10-26-3/h5,8,11,15-16H,4,6-7,9-10,12-13H2,1-3H3,(H,21,25)/t16-/m1/s1. The van der Waals surface area contributed by atoms with Gasteiger partial charge in [0.2, 0.25) is 5.91 Å². The molecule has 2 aliphatic rings. The van der Waals surface area contributed by atoms with E-state index in [0.717, 1.165) is 30.8 Å². The van der Waals surface area contributed by atoms with Crippen molar-refractivity contribution in [3.8, 4) is 5.75 Å². The van der Waals surface area contributed by atoms with Crippen LogP contribution in [0.1, 0.15) is 36.5 Å². The van der Waals surface area contributed by atoms with Crippen molar-refractivity contribution < 1.29 is 19.1 Å². The maximum Gasteiger partial charge on any atom is 0.251 e. The molecule has 27 heavy (non-hydrogen) atoms. The molecule has 1 fully saturated rings.